The molecular formula is C21H27FN2O4S. The molecule has 2 N–H and O–H groups in total. The van der Waals surface area contributed by atoms with Gasteiger partial charge in [-0.25, -0.2) is 9.18 Å². The summed E-state index contributed by atoms with van der Waals surface area (Å²) in [6, 6.07) is 6.15. The van der Waals surface area contributed by atoms with Gasteiger partial charge in [0.1, 0.15) is 17.0 Å². The van der Waals surface area contributed by atoms with Crippen molar-refractivity contribution in [2.45, 2.75) is 31.8 Å². The predicted molar refractivity (Wildman–Crippen MR) is 111 cm³/mol. The molecule has 1 unspecified atom stereocenters. The maximum atomic E-state index is 13.8. The molecule has 2 heterocycles. The summed E-state index contributed by atoms with van der Waals surface area (Å²) >= 11 is 1.53. The summed E-state index contributed by atoms with van der Waals surface area (Å²) in [7, 11) is 0. The van der Waals surface area contributed by atoms with Crippen molar-refractivity contribution in [2.75, 3.05) is 32.1 Å². The third kappa shape index (κ3) is 4.76. The van der Waals surface area contributed by atoms with Gasteiger partial charge in [-0.2, -0.15) is 0 Å². The number of benzene rings is 1. The first-order valence-corrected chi connectivity index (χ1v) is 10.7. The molecule has 1 saturated heterocycles. The number of thioether (sulfide) groups is 1. The van der Waals surface area contributed by atoms with E-state index in [-0.39, 0.29) is 18.5 Å². The first kappa shape index (κ1) is 21.7. The van der Waals surface area contributed by atoms with Crippen LogP contribution in [-0.2, 0) is 16.1 Å². The molecule has 0 radical (unpaired) electrons. The van der Waals surface area contributed by atoms with Crippen LogP contribution in [0.15, 0.2) is 47.3 Å². The highest BCUT2D eigenvalue weighted by atomic mass is 32.2. The van der Waals surface area contributed by atoms with Crippen LogP contribution in [0.25, 0.3) is 0 Å². The van der Waals surface area contributed by atoms with E-state index in [1.165, 1.54) is 23.9 Å². The second-order valence-electron chi connectivity index (χ2n) is 7.07. The molecule has 2 atom stereocenters. The van der Waals surface area contributed by atoms with Crippen molar-refractivity contribution < 1.29 is 24.1 Å². The zero-order chi connectivity index (χ0) is 21.0. The molecule has 0 saturated carbocycles. The van der Waals surface area contributed by atoms with Crippen LogP contribution in [0, 0.1) is 5.82 Å². The van der Waals surface area contributed by atoms with E-state index in [1.54, 1.807) is 13.0 Å². The molecule has 8 heteroatoms. The van der Waals surface area contributed by atoms with Crippen molar-refractivity contribution in [3.8, 4) is 0 Å². The lowest BCUT2D eigenvalue weighted by molar-refractivity contribution is -0.133. The number of ether oxygens (including phenoxy) is 1. The lowest BCUT2D eigenvalue weighted by Gasteiger charge is -2.47. The average molecular weight is 423 g/mol. The third-order valence-electron chi connectivity index (χ3n) is 5.12. The molecule has 0 amide bonds. The van der Waals surface area contributed by atoms with Crippen molar-refractivity contribution >= 4 is 17.7 Å². The van der Waals surface area contributed by atoms with E-state index < -0.39 is 11.3 Å². The number of hydrogen-bond donors (Lipinski definition) is 2. The Kier molecular flexibility index (Phi) is 7.21. The summed E-state index contributed by atoms with van der Waals surface area (Å²) in [5, 5.41) is 19.3. The molecule has 158 valence electrons. The fourth-order valence-corrected chi connectivity index (χ4v) is 4.91. The van der Waals surface area contributed by atoms with Crippen molar-refractivity contribution in [2.24, 2.45) is 0 Å². The number of carbonyl (C=O) groups is 1. The van der Waals surface area contributed by atoms with E-state index in [0.717, 1.165) is 17.1 Å². The summed E-state index contributed by atoms with van der Waals surface area (Å²) in [5.41, 5.74) is 1.79. The number of aliphatic carboxylic acids is 1. The Labute approximate surface area is 174 Å². The molecular weight excluding hydrogens is 395 g/mol. The molecule has 2 aliphatic heterocycles. The Morgan fingerprint density at radius 1 is 1.41 bits per heavy atom. The molecule has 1 aromatic carbocycles. The number of nitrogens with zero attached hydrogens (tertiary/aromatic N) is 2. The summed E-state index contributed by atoms with van der Waals surface area (Å²) in [5.74, 6) is 0.294. The van der Waals surface area contributed by atoms with Gasteiger partial charge in [-0.1, -0.05) is 19.1 Å². The minimum atomic E-state index is -0.950. The monoisotopic (exact) mass is 422 g/mol. The lowest BCUT2D eigenvalue weighted by Crippen LogP contribution is -2.53. The Bertz CT molecular complexity index is 814. The SMILES string of the molecule is CCSC1C(C(=O)O)=C(C)C=C(N2CCOC[C@@H]2CO)N1Cc1cccc(F)c1. The molecule has 6 nitrogen and oxygen atoms in total. The normalized spacial score (nSPS) is 22.7. The van der Waals surface area contributed by atoms with Crippen molar-refractivity contribution in [1.29, 1.82) is 0 Å². The number of aliphatic hydroxyl groups excluding tert-OH is 1. The molecule has 3 rings (SSSR count). The molecule has 0 aliphatic carbocycles. The molecule has 29 heavy (non-hydrogen) atoms. The summed E-state index contributed by atoms with van der Waals surface area (Å²) in [6.45, 7) is 5.62. The zero-order valence-electron chi connectivity index (χ0n) is 16.7. The van der Waals surface area contributed by atoms with E-state index in [1.807, 2.05) is 24.0 Å². The molecule has 2 aliphatic rings. The van der Waals surface area contributed by atoms with Gasteiger partial charge < -0.3 is 24.7 Å². The molecule has 0 spiro atoms. The number of halogens is 1. The van der Waals surface area contributed by atoms with Crippen molar-refractivity contribution in [1.82, 2.24) is 9.80 Å². The summed E-state index contributed by atoms with van der Waals surface area (Å²) in [4.78, 5) is 16.1. The fourth-order valence-electron chi connectivity index (χ4n) is 3.78. The minimum Gasteiger partial charge on any atom is -0.478 e. The fraction of sp³-hybridized carbons (Fsp3) is 0.476. The third-order valence-corrected chi connectivity index (χ3v) is 6.26. The van der Waals surface area contributed by atoms with E-state index in [4.69, 9.17) is 4.74 Å². The Morgan fingerprint density at radius 3 is 2.86 bits per heavy atom. The van der Waals surface area contributed by atoms with Crippen LogP contribution in [0.5, 0.6) is 0 Å². The second kappa shape index (κ2) is 9.65. The first-order valence-electron chi connectivity index (χ1n) is 9.70. The number of aliphatic hydroxyl groups is 1. The maximum absolute atomic E-state index is 13.8. The topological polar surface area (TPSA) is 73.2 Å². The van der Waals surface area contributed by atoms with Crippen LogP contribution in [0.2, 0.25) is 0 Å². The second-order valence-corrected chi connectivity index (χ2v) is 8.43. The highest BCUT2D eigenvalue weighted by Gasteiger charge is 2.37. The number of rotatable bonds is 7. The van der Waals surface area contributed by atoms with Crippen LogP contribution in [0.4, 0.5) is 4.39 Å². The average Bonchev–Trinajstić information content (AvgIpc) is 2.69. The van der Waals surface area contributed by atoms with Crippen LogP contribution in [-0.4, -0.2) is 69.5 Å². The minimum absolute atomic E-state index is 0.0642. The largest absolute Gasteiger partial charge is 0.478 e. The molecule has 1 aromatic rings. The number of morpholine rings is 1. The van der Waals surface area contributed by atoms with Gasteiger partial charge in [-0.15, -0.1) is 11.8 Å². The quantitative estimate of drug-likeness (QED) is 0.700. The van der Waals surface area contributed by atoms with E-state index in [9.17, 15) is 19.4 Å². The van der Waals surface area contributed by atoms with E-state index in [0.29, 0.717) is 37.4 Å². The van der Waals surface area contributed by atoms with Crippen LogP contribution in [0.1, 0.15) is 19.4 Å². The first-order chi connectivity index (χ1) is 14.0. The molecule has 0 aromatic heterocycles. The Morgan fingerprint density at radius 2 is 2.21 bits per heavy atom. The predicted octanol–water partition coefficient (Wildman–Crippen LogP) is 2.66. The van der Waals surface area contributed by atoms with E-state index >= 15 is 0 Å². The molecule has 0 bridgehead atoms. The summed E-state index contributed by atoms with van der Waals surface area (Å²) in [6.07, 6.45) is 1.86. The number of allylic oxidation sites excluding steroid dienone is 2. The van der Waals surface area contributed by atoms with Crippen molar-refractivity contribution in [3.63, 3.8) is 0 Å². The number of carboxylic acids is 1. The van der Waals surface area contributed by atoms with Gasteiger partial charge in [0.2, 0.25) is 0 Å². The van der Waals surface area contributed by atoms with Gasteiger partial charge in [0.05, 0.1) is 31.4 Å². The van der Waals surface area contributed by atoms with Crippen LogP contribution >= 0.6 is 11.8 Å². The van der Waals surface area contributed by atoms with E-state index in [2.05, 4.69) is 4.90 Å². The van der Waals surface area contributed by atoms with Gasteiger partial charge in [-0.05, 0) is 42.0 Å². The number of carboxylic acid groups (broad SMARTS) is 1. The Balaban J connectivity index is 2.06. The van der Waals surface area contributed by atoms with Gasteiger partial charge in [-0.3, -0.25) is 0 Å². The zero-order valence-corrected chi connectivity index (χ0v) is 17.5. The smallest absolute Gasteiger partial charge is 0.334 e. The highest BCUT2D eigenvalue weighted by Crippen LogP contribution is 2.37. The standard InChI is InChI=1S/C21H27FN2O4S/c1-3-29-20-19(21(26)27)14(2)9-18(23-7-8-28-13-17(23)12-25)24(20)11-15-5-4-6-16(22)10-15/h4-6,9-10,17,20,25H,3,7-8,11-13H2,1-2H3,(H,26,27)/t17-,20?/m0/s1. The van der Waals surface area contributed by atoms with Gasteiger partial charge in [0.15, 0.2) is 0 Å². The maximum Gasteiger partial charge on any atom is 0.334 e. The number of hydrogen-bond acceptors (Lipinski definition) is 6. The van der Waals surface area contributed by atoms with Gasteiger partial charge in [0.25, 0.3) is 0 Å². The highest BCUT2D eigenvalue weighted by molar-refractivity contribution is 8.00. The molecule has 1 fully saturated rings. The summed E-state index contributed by atoms with van der Waals surface area (Å²) < 4.78 is 19.3. The van der Waals surface area contributed by atoms with Gasteiger partial charge in [0, 0.05) is 13.1 Å². The lowest BCUT2D eigenvalue weighted by atomic mass is 10.0. The van der Waals surface area contributed by atoms with Gasteiger partial charge >= 0.3 is 5.97 Å². The van der Waals surface area contributed by atoms with Crippen LogP contribution < -0.4 is 0 Å². The Hall–Kier alpha value is -2.03. The van der Waals surface area contributed by atoms with Crippen molar-refractivity contribution in [3.05, 3.63) is 58.7 Å². The van der Waals surface area contributed by atoms with Crippen LogP contribution in [0.3, 0.4) is 0 Å².